The van der Waals surface area contributed by atoms with Gasteiger partial charge in [0.05, 0.1) is 23.7 Å². The van der Waals surface area contributed by atoms with Crippen LogP contribution >= 0.6 is 0 Å². The largest absolute Gasteiger partial charge is 0.488 e. The number of ether oxygens (including phenoxy) is 3. The molecule has 1 saturated heterocycles. The highest BCUT2D eigenvalue weighted by atomic mass is 32.2. The van der Waals surface area contributed by atoms with Crippen molar-refractivity contribution in [3.8, 4) is 5.75 Å². The van der Waals surface area contributed by atoms with E-state index in [1.807, 2.05) is 30.3 Å². The first kappa shape index (κ1) is 16.0. The Labute approximate surface area is 135 Å². The zero-order valence-corrected chi connectivity index (χ0v) is 13.6. The van der Waals surface area contributed by atoms with Crippen molar-refractivity contribution in [2.75, 3.05) is 19.5 Å². The zero-order chi connectivity index (χ0) is 16.3. The van der Waals surface area contributed by atoms with Crippen molar-refractivity contribution in [3.63, 3.8) is 0 Å². The molecule has 23 heavy (non-hydrogen) atoms. The summed E-state index contributed by atoms with van der Waals surface area (Å²) in [6, 6.07) is 14.5. The summed E-state index contributed by atoms with van der Waals surface area (Å²) < 4.78 is 40.4. The Bertz CT molecular complexity index is 765. The minimum atomic E-state index is -3.31. The Morgan fingerprint density at radius 1 is 1.09 bits per heavy atom. The summed E-state index contributed by atoms with van der Waals surface area (Å²) in [7, 11) is -3.31. The van der Waals surface area contributed by atoms with E-state index in [2.05, 4.69) is 0 Å². The van der Waals surface area contributed by atoms with Crippen molar-refractivity contribution in [3.05, 3.63) is 59.7 Å². The van der Waals surface area contributed by atoms with Gasteiger partial charge in [-0.3, -0.25) is 0 Å². The molecule has 1 aliphatic heterocycles. The molecule has 0 radical (unpaired) electrons. The first-order valence-corrected chi connectivity index (χ1v) is 9.17. The van der Waals surface area contributed by atoms with Gasteiger partial charge in [-0.15, -0.1) is 0 Å². The van der Waals surface area contributed by atoms with E-state index < -0.39 is 16.1 Å². The van der Waals surface area contributed by atoms with E-state index in [-0.39, 0.29) is 4.90 Å². The van der Waals surface area contributed by atoms with Crippen LogP contribution in [0.15, 0.2) is 53.4 Å². The van der Waals surface area contributed by atoms with E-state index in [0.29, 0.717) is 31.1 Å². The fourth-order valence-corrected chi connectivity index (χ4v) is 3.00. The maximum Gasteiger partial charge on any atom is 0.187 e. The molecular formula is C17H18O5S. The van der Waals surface area contributed by atoms with E-state index >= 15 is 0 Å². The van der Waals surface area contributed by atoms with Crippen LogP contribution in [0.3, 0.4) is 0 Å². The van der Waals surface area contributed by atoms with Crippen molar-refractivity contribution in [2.24, 2.45) is 0 Å². The SMILES string of the molecule is CS(=O)(=O)c1ccc(OCc2ccccc2)c(C2OCCO2)c1. The van der Waals surface area contributed by atoms with Gasteiger partial charge in [0.15, 0.2) is 16.1 Å². The highest BCUT2D eigenvalue weighted by Gasteiger charge is 2.24. The first-order valence-electron chi connectivity index (χ1n) is 7.28. The lowest BCUT2D eigenvalue weighted by atomic mass is 10.2. The maximum atomic E-state index is 11.8. The lowest BCUT2D eigenvalue weighted by Crippen LogP contribution is -2.06. The summed E-state index contributed by atoms with van der Waals surface area (Å²) in [5.74, 6) is 0.563. The molecular weight excluding hydrogens is 316 g/mol. The summed E-state index contributed by atoms with van der Waals surface area (Å²) >= 11 is 0. The van der Waals surface area contributed by atoms with Gasteiger partial charge in [0.1, 0.15) is 12.4 Å². The van der Waals surface area contributed by atoms with Gasteiger partial charge in [-0.25, -0.2) is 8.42 Å². The van der Waals surface area contributed by atoms with Gasteiger partial charge >= 0.3 is 0 Å². The summed E-state index contributed by atoms with van der Waals surface area (Å²) in [5.41, 5.74) is 1.63. The Kier molecular flexibility index (Phi) is 4.66. The third-order valence-electron chi connectivity index (χ3n) is 3.52. The molecule has 2 aromatic rings. The third kappa shape index (κ3) is 3.90. The summed E-state index contributed by atoms with van der Waals surface area (Å²) in [6.45, 7) is 1.34. The molecule has 0 aliphatic carbocycles. The molecule has 0 amide bonds. The van der Waals surface area contributed by atoms with Crippen molar-refractivity contribution < 1.29 is 22.6 Å². The van der Waals surface area contributed by atoms with Gasteiger partial charge in [0, 0.05) is 6.26 Å². The molecule has 1 fully saturated rings. The van der Waals surface area contributed by atoms with Crippen molar-refractivity contribution in [1.29, 1.82) is 0 Å². The van der Waals surface area contributed by atoms with Crippen LogP contribution in [0.25, 0.3) is 0 Å². The fourth-order valence-electron chi connectivity index (χ4n) is 2.35. The maximum absolute atomic E-state index is 11.8. The van der Waals surface area contributed by atoms with Gasteiger partial charge in [-0.05, 0) is 23.8 Å². The van der Waals surface area contributed by atoms with Crippen LogP contribution in [0.1, 0.15) is 17.4 Å². The Morgan fingerprint density at radius 2 is 1.78 bits per heavy atom. The second-order valence-electron chi connectivity index (χ2n) is 5.32. The molecule has 1 aliphatic rings. The number of hydrogen-bond donors (Lipinski definition) is 0. The highest BCUT2D eigenvalue weighted by molar-refractivity contribution is 7.90. The number of sulfone groups is 1. The zero-order valence-electron chi connectivity index (χ0n) is 12.8. The predicted octanol–water partition coefficient (Wildman–Crippen LogP) is 2.71. The predicted molar refractivity (Wildman–Crippen MR) is 85.0 cm³/mol. The standard InChI is InChI=1S/C17H18O5S/c1-23(18,19)14-7-8-16(15(11-14)17-20-9-10-21-17)22-12-13-5-3-2-4-6-13/h2-8,11,17H,9-10,12H2,1H3. The molecule has 0 atom stereocenters. The van der Waals surface area contributed by atoms with E-state index in [1.165, 1.54) is 12.3 Å². The van der Waals surface area contributed by atoms with Gasteiger partial charge in [0.25, 0.3) is 0 Å². The van der Waals surface area contributed by atoms with E-state index in [4.69, 9.17) is 14.2 Å². The lowest BCUT2D eigenvalue weighted by molar-refractivity contribution is -0.0460. The van der Waals surface area contributed by atoms with Gasteiger partial charge in [-0.2, -0.15) is 0 Å². The fraction of sp³-hybridized carbons (Fsp3) is 0.294. The summed E-state index contributed by atoms with van der Waals surface area (Å²) in [5, 5.41) is 0. The van der Waals surface area contributed by atoms with Crippen LogP contribution in [0, 0.1) is 0 Å². The van der Waals surface area contributed by atoms with Crippen molar-refractivity contribution in [1.82, 2.24) is 0 Å². The van der Waals surface area contributed by atoms with Gasteiger partial charge < -0.3 is 14.2 Å². The average Bonchev–Trinajstić information content (AvgIpc) is 3.07. The van der Waals surface area contributed by atoms with Crippen LogP contribution in [0.5, 0.6) is 5.75 Å². The van der Waals surface area contributed by atoms with Crippen LogP contribution in [0.4, 0.5) is 0 Å². The quantitative estimate of drug-likeness (QED) is 0.841. The minimum Gasteiger partial charge on any atom is -0.488 e. The number of benzene rings is 2. The highest BCUT2D eigenvalue weighted by Crippen LogP contribution is 2.33. The van der Waals surface area contributed by atoms with Crippen LogP contribution < -0.4 is 4.74 Å². The van der Waals surface area contributed by atoms with Crippen molar-refractivity contribution >= 4 is 9.84 Å². The average molecular weight is 334 g/mol. The van der Waals surface area contributed by atoms with E-state index in [0.717, 1.165) is 5.56 Å². The molecule has 122 valence electrons. The molecule has 1 heterocycles. The van der Waals surface area contributed by atoms with Crippen LogP contribution in [-0.4, -0.2) is 27.9 Å². The molecule has 0 bridgehead atoms. The van der Waals surface area contributed by atoms with Crippen LogP contribution in [-0.2, 0) is 25.9 Å². The molecule has 6 heteroatoms. The first-order chi connectivity index (χ1) is 11.0. The molecule has 5 nitrogen and oxygen atoms in total. The Balaban J connectivity index is 1.88. The van der Waals surface area contributed by atoms with E-state index in [1.54, 1.807) is 12.1 Å². The molecule has 3 rings (SSSR count). The molecule has 0 N–H and O–H groups in total. The van der Waals surface area contributed by atoms with Crippen molar-refractivity contribution in [2.45, 2.75) is 17.8 Å². The topological polar surface area (TPSA) is 61.8 Å². The Morgan fingerprint density at radius 3 is 2.43 bits per heavy atom. The molecule has 2 aromatic carbocycles. The third-order valence-corrected chi connectivity index (χ3v) is 4.63. The van der Waals surface area contributed by atoms with Gasteiger partial charge in [0.2, 0.25) is 0 Å². The van der Waals surface area contributed by atoms with Gasteiger partial charge in [-0.1, -0.05) is 30.3 Å². The lowest BCUT2D eigenvalue weighted by Gasteiger charge is -2.16. The molecule has 0 unspecified atom stereocenters. The smallest absolute Gasteiger partial charge is 0.187 e. The second kappa shape index (κ2) is 6.70. The van der Waals surface area contributed by atoms with Crippen LogP contribution in [0.2, 0.25) is 0 Å². The second-order valence-corrected chi connectivity index (χ2v) is 7.34. The minimum absolute atomic E-state index is 0.221. The summed E-state index contributed by atoms with van der Waals surface area (Å²) in [6.07, 6.45) is 0.579. The Hall–Kier alpha value is -1.89. The number of hydrogen-bond acceptors (Lipinski definition) is 5. The summed E-state index contributed by atoms with van der Waals surface area (Å²) in [4.78, 5) is 0.221. The molecule has 0 saturated carbocycles. The normalized spacial score (nSPS) is 15.7. The number of rotatable bonds is 5. The molecule has 0 spiro atoms. The molecule has 0 aromatic heterocycles. The monoisotopic (exact) mass is 334 g/mol. The van der Waals surface area contributed by atoms with E-state index in [9.17, 15) is 8.42 Å².